The van der Waals surface area contributed by atoms with E-state index in [1.54, 1.807) is 18.4 Å². The highest BCUT2D eigenvalue weighted by Gasteiger charge is 1.98. The first kappa shape index (κ1) is 9.34. The van der Waals surface area contributed by atoms with Crippen LogP contribution in [-0.2, 0) is 6.42 Å². The van der Waals surface area contributed by atoms with E-state index in [-0.39, 0.29) is 0 Å². The van der Waals surface area contributed by atoms with Crippen molar-refractivity contribution in [3.63, 3.8) is 0 Å². The molecule has 2 heteroatoms. The van der Waals surface area contributed by atoms with Gasteiger partial charge in [-0.05, 0) is 13.0 Å². The molecule has 0 fully saturated rings. The quantitative estimate of drug-likeness (QED) is 0.671. The zero-order valence-electron chi connectivity index (χ0n) is 7.58. The second-order valence-electron chi connectivity index (χ2n) is 2.56. The summed E-state index contributed by atoms with van der Waals surface area (Å²) in [6.45, 7) is 5.51. The van der Waals surface area contributed by atoms with Crippen molar-refractivity contribution in [2.24, 2.45) is 0 Å². The van der Waals surface area contributed by atoms with E-state index in [1.807, 2.05) is 13.0 Å². The van der Waals surface area contributed by atoms with Gasteiger partial charge < -0.3 is 4.42 Å². The fourth-order valence-corrected chi connectivity index (χ4v) is 1.21. The monoisotopic (exact) mass is 173 g/mol. The summed E-state index contributed by atoms with van der Waals surface area (Å²) in [5, 5.41) is 9.53. The van der Waals surface area contributed by atoms with Crippen LogP contribution >= 0.6 is 0 Å². The molecule has 1 aromatic rings. The lowest BCUT2D eigenvalue weighted by Crippen LogP contribution is -2.22. The van der Waals surface area contributed by atoms with Crippen molar-refractivity contribution in [1.82, 2.24) is 0 Å². The highest BCUT2D eigenvalue weighted by Crippen LogP contribution is 1.89. The Morgan fingerprint density at radius 1 is 1.69 bits per heavy atom. The van der Waals surface area contributed by atoms with Crippen LogP contribution in [0.15, 0.2) is 23.3 Å². The molecule has 0 unspecified atom stereocenters. The van der Waals surface area contributed by atoms with Crippen LogP contribution in [0.2, 0.25) is 0 Å². The van der Waals surface area contributed by atoms with Crippen molar-refractivity contribution in [3.05, 3.63) is 35.1 Å². The van der Waals surface area contributed by atoms with Gasteiger partial charge in [-0.3, -0.25) is 0 Å². The lowest BCUT2D eigenvalue weighted by molar-refractivity contribution is 0.529. The third kappa shape index (κ3) is 1.88. The summed E-state index contributed by atoms with van der Waals surface area (Å²) in [4.78, 5) is 0. The Kier molecular flexibility index (Phi) is 3.10. The van der Waals surface area contributed by atoms with Crippen LogP contribution in [0.1, 0.15) is 12.5 Å². The first-order chi connectivity index (χ1) is 6.33. The molecule has 0 saturated heterocycles. The van der Waals surface area contributed by atoms with Crippen LogP contribution in [0.4, 0.5) is 0 Å². The van der Waals surface area contributed by atoms with Gasteiger partial charge in [-0.25, -0.2) is 0 Å². The maximum Gasteiger partial charge on any atom is 0.133 e. The third-order valence-electron chi connectivity index (χ3n) is 1.77. The Hall–Kier alpha value is -1.75. The third-order valence-corrected chi connectivity index (χ3v) is 1.77. The van der Waals surface area contributed by atoms with Gasteiger partial charge in [0.2, 0.25) is 0 Å². The molecular weight excluding hydrogens is 162 g/mol. The minimum atomic E-state index is 0.383. The van der Waals surface area contributed by atoms with Gasteiger partial charge in [-0.1, -0.05) is 18.7 Å². The molecule has 0 radical (unpaired) electrons. The lowest BCUT2D eigenvalue weighted by Gasteiger charge is -1.81. The standard InChI is InChI=1S/C11H11NO/c1-3-5-11-10(4-2)9(6-7-12)8-13-11/h3-5,8H,1,6H2,2H3/b10-4-,11-5+. The molecule has 0 aliphatic rings. The van der Waals surface area contributed by atoms with Gasteiger partial charge in [0.05, 0.1) is 18.8 Å². The van der Waals surface area contributed by atoms with Crippen molar-refractivity contribution in [2.75, 3.05) is 0 Å². The van der Waals surface area contributed by atoms with Gasteiger partial charge >= 0.3 is 0 Å². The molecule has 0 aliphatic heterocycles. The summed E-state index contributed by atoms with van der Waals surface area (Å²) in [6.07, 6.45) is 7.39. The van der Waals surface area contributed by atoms with Gasteiger partial charge in [0.1, 0.15) is 5.42 Å². The van der Waals surface area contributed by atoms with Crippen LogP contribution in [0, 0.1) is 11.3 Å². The van der Waals surface area contributed by atoms with Gasteiger partial charge in [0.15, 0.2) is 0 Å². The molecule has 13 heavy (non-hydrogen) atoms. The zero-order chi connectivity index (χ0) is 9.68. The maximum atomic E-state index is 8.54. The van der Waals surface area contributed by atoms with E-state index in [4.69, 9.17) is 9.68 Å². The number of rotatable bonds is 2. The number of allylic oxidation sites excluding steroid dienone is 1. The fraction of sp³-hybridized carbons (Fsp3) is 0.182. The Bertz CT molecular complexity index is 445. The molecule has 0 atom stereocenters. The second kappa shape index (κ2) is 4.32. The molecule has 0 saturated carbocycles. The number of hydrogen-bond acceptors (Lipinski definition) is 2. The smallest absolute Gasteiger partial charge is 0.133 e. The van der Waals surface area contributed by atoms with Gasteiger partial charge in [0.25, 0.3) is 0 Å². The Morgan fingerprint density at radius 3 is 3.00 bits per heavy atom. The Balaban J connectivity index is 3.38. The van der Waals surface area contributed by atoms with E-state index >= 15 is 0 Å². The number of furan rings is 1. The number of nitrogens with zero attached hydrogens (tertiary/aromatic N) is 1. The number of nitriles is 1. The maximum absolute atomic E-state index is 8.54. The summed E-state index contributed by atoms with van der Waals surface area (Å²) in [5.74, 6) is 0. The SMILES string of the molecule is C=C/C=c1/occ(CC#N)/c1=C/C. The largest absolute Gasteiger partial charge is 0.464 e. The highest BCUT2D eigenvalue weighted by molar-refractivity contribution is 5.37. The highest BCUT2D eigenvalue weighted by atomic mass is 16.3. The zero-order valence-corrected chi connectivity index (χ0v) is 7.58. The Morgan fingerprint density at radius 2 is 2.46 bits per heavy atom. The van der Waals surface area contributed by atoms with Gasteiger partial charge in [0, 0.05) is 10.8 Å². The summed E-state index contributed by atoms with van der Waals surface area (Å²) >= 11 is 0. The van der Waals surface area contributed by atoms with E-state index in [2.05, 4.69) is 12.6 Å². The van der Waals surface area contributed by atoms with Crippen molar-refractivity contribution in [3.8, 4) is 6.07 Å². The van der Waals surface area contributed by atoms with Crippen molar-refractivity contribution < 1.29 is 4.42 Å². The van der Waals surface area contributed by atoms with Crippen molar-refractivity contribution in [1.29, 1.82) is 5.26 Å². The van der Waals surface area contributed by atoms with Crippen LogP contribution in [0.25, 0.3) is 12.2 Å². The van der Waals surface area contributed by atoms with E-state index in [9.17, 15) is 0 Å². The van der Waals surface area contributed by atoms with E-state index in [1.165, 1.54) is 0 Å². The molecule has 0 bridgehead atoms. The first-order valence-electron chi connectivity index (χ1n) is 4.06. The van der Waals surface area contributed by atoms with E-state index < -0.39 is 0 Å². The summed E-state index contributed by atoms with van der Waals surface area (Å²) < 4.78 is 5.27. The van der Waals surface area contributed by atoms with Crippen LogP contribution < -0.4 is 10.6 Å². The first-order valence-corrected chi connectivity index (χ1v) is 4.06. The summed E-state index contributed by atoms with van der Waals surface area (Å²) in [7, 11) is 0. The average Bonchev–Trinajstić information content (AvgIpc) is 2.49. The molecule has 66 valence electrons. The van der Waals surface area contributed by atoms with Crippen LogP contribution in [-0.4, -0.2) is 0 Å². The molecule has 0 aliphatic carbocycles. The predicted octanol–water partition coefficient (Wildman–Crippen LogP) is 1.11. The van der Waals surface area contributed by atoms with E-state index in [0.29, 0.717) is 6.42 Å². The molecule has 0 amide bonds. The van der Waals surface area contributed by atoms with Crippen LogP contribution in [0.3, 0.4) is 0 Å². The van der Waals surface area contributed by atoms with Gasteiger partial charge in [-0.15, -0.1) is 0 Å². The molecule has 1 aromatic heterocycles. The summed E-state index contributed by atoms with van der Waals surface area (Å²) in [5.41, 5.74) is 1.70. The molecular formula is C11H11NO. The molecule has 1 heterocycles. The van der Waals surface area contributed by atoms with Crippen molar-refractivity contribution >= 4 is 12.2 Å². The molecule has 0 aromatic carbocycles. The average molecular weight is 173 g/mol. The molecule has 2 nitrogen and oxygen atoms in total. The summed E-state index contributed by atoms with van der Waals surface area (Å²) in [6, 6.07) is 2.09. The fourth-order valence-electron chi connectivity index (χ4n) is 1.21. The Labute approximate surface area is 77.1 Å². The molecule has 0 spiro atoms. The van der Waals surface area contributed by atoms with Gasteiger partial charge in [-0.2, -0.15) is 5.26 Å². The second-order valence-corrected chi connectivity index (χ2v) is 2.56. The molecule has 1 rings (SSSR count). The van der Waals surface area contributed by atoms with Crippen molar-refractivity contribution in [2.45, 2.75) is 13.3 Å². The topological polar surface area (TPSA) is 36.9 Å². The number of hydrogen-bond donors (Lipinski definition) is 0. The predicted molar refractivity (Wildman–Crippen MR) is 52.1 cm³/mol. The molecule has 0 N–H and O–H groups in total. The normalized spacial score (nSPS) is 12.9. The van der Waals surface area contributed by atoms with Crippen LogP contribution in [0.5, 0.6) is 0 Å². The minimum Gasteiger partial charge on any atom is -0.464 e. The minimum absolute atomic E-state index is 0.383. The lowest BCUT2D eigenvalue weighted by atomic mass is 10.2. The van der Waals surface area contributed by atoms with E-state index in [0.717, 1.165) is 16.2 Å².